The van der Waals surface area contributed by atoms with Crippen molar-refractivity contribution in [3.05, 3.63) is 29.8 Å². The first-order chi connectivity index (χ1) is 12.5. The number of anilines is 1. The molecule has 6 nitrogen and oxygen atoms in total. The van der Waals surface area contributed by atoms with Crippen LogP contribution in [0.4, 0.5) is 18.9 Å². The number of fused-ring (bicyclic) bond motifs is 1. The number of alkyl halides is 3. The van der Waals surface area contributed by atoms with Gasteiger partial charge in [-0.2, -0.15) is 13.2 Å². The molecule has 2 heterocycles. The van der Waals surface area contributed by atoms with E-state index in [2.05, 4.69) is 4.99 Å². The van der Waals surface area contributed by atoms with Gasteiger partial charge in [0.1, 0.15) is 0 Å². The molecule has 3 rings (SSSR count). The minimum atomic E-state index is -4.51. The molecule has 1 aromatic rings. The zero-order chi connectivity index (χ0) is 20.0. The summed E-state index contributed by atoms with van der Waals surface area (Å²) in [7, 11) is -0.104. The molecule has 0 aromatic heterocycles. The second-order valence-electron chi connectivity index (χ2n) is 6.62. The summed E-state index contributed by atoms with van der Waals surface area (Å²) < 4.78 is 63.2. The molecule has 0 N–H and O–H groups in total. The average Bonchev–Trinajstić information content (AvgIpc) is 3.02. The summed E-state index contributed by atoms with van der Waals surface area (Å²) >= 11 is 1.10. The van der Waals surface area contributed by atoms with E-state index in [1.54, 1.807) is 14.1 Å². The average molecular weight is 421 g/mol. The zero-order valence-corrected chi connectivity index (χ0v) is 16.2. The highest BCUT2D eigenvalue weighted by Crippen LogP contribution is 2.38. The quantitative estimate of drug-likeness (QED) is 0.745. The van der Waals surface area contributed by atoms with Crippen molar-refractivity contribution in [2.75, 3.05) is 36.3 Å². The molecule has 27 heavy (non-hydrogen) atoms. The third-order valence-corrected chi connectivity index (χ3v) is 7.03. The number of hydrogen-bond donors (Lipinski definition) is 0. The fourth-order valence-corrected chi connectivity index (χ4v) is 5.97. The summed E-state index contributed by atoms with van der Waals surface area (Å²) in [6.45, 7) is 0. The number of amides is 1. The van der Waals surface area contributed by atoms with Crippen LogP contribution in [0.5, 0.6) is 0 Å². The number of aliphatic imine (C=N–C) groups is 1. The predicted molar refractivity (Wildman–Crippen MR) is 98.7 cm³/mol. The van der Waals surface area contributed by atoms with E-state index >= 15 is 0 Å². The summed E-state index contributed by atoms with van der Waals surface area (Å²) in [5.74, 6) is -0.425. The molecule has 1 amide bonds. The number of carbonyl (C=O) groups is 1. The van der Waals surface area contributed by atoms with Crippen LogP contribution in [0.25, 0.3) is 0 Å². The van der Waals surface area contributed by atoms with Crippen molar-refractivity contribution in [3.8, 4) is 0 Å². The molecule has 0 radical (unpaired) electrons. The highest BCUT2D eigenvalue weighted by Gasteiger charge is 2.47. The number of amidine groups is 1. The molecule has 11 heteroatoms. The van der Waals surface area contributed by atoms with E-state index in [0.29, 0.717) is 5.17 Å². The Hall–Kier alpha value is -1.75. The molecule has 0 saturated carbocycles. The van der Waals surface area contributed by atoms with E-state index in [0.717, 1.165) is 23.9 Å². The molecule has 2 atom stereocenters. The topological polar surface area (TPSA) is 70.0 Å². The molecule has 0 spiro atoms. The predicted octanol–water partition coefficient (Wildman–Crippen LogP) is 1.87. The van der Waals surface area contributed by atoms with Crippen molar-refractivity contribution in [2.45, 2.75) is 18.3 Å². The van der Waals surface area contributed by atoms with E-state index in [9.17, 15) is 26.4 Å². The summed E-state index contributed by atoms with van der Waals surface area (Å²) in [5.41, 5.74) is -0.601. The first kappa shape index (κ1) is 20.0. The van der Waals surface area contributed by atoms with Gasteiger partial charge in [-0.1, -0.05) is 17.8 Å². The summed E-state index contributed by atoms with van der Waals surface area (Å²) in [6.07, 6.45) is -4.51. The largest absolute Gasteiger partial charge is 0.416 e. The molecule has 0 bridgehead atoms. The zero-order valence-electron chi connectivity index (χ0n) is 14.6. The van der Waals surface area contributed by atoms with E-state index in [4.69, 9.17) is 0 Å². The van der Waals surface area contributed by atoms with Gasteiger partial charge in [-0.05, 0) is 18.2 Å². The molecular weight excluding hydrogens is 403 g/mol. The number of halogens is 3. The molecule has 2 aliphatic rings. The first-order valence-corrected chi connectivity index (χ1v) is 10.9. The van der Waals surface area contributed by atoms with Crippen LogP contribution in [0.2, 0.25) is 0 Å². The van der Waals surface area contributed by atoms with Gasteiger partial charge in [0.05, 0.1) is 34.9 Å². The van der Waals surface area contributed by atoms with Crippen LogP contribution in [0.1, 0.15) is 5.56 Å². The van der Waals surface area contributed by atoms with Gasteiger partial charge in [-0.15, -0.1) is 0 Å². The smallest absolute Gasteiger partial charge is 0.348 e. The number of thioether (sulfide) groups is 1. The van der Waals surface area contributed by atoms with Crippen molar-refractivity contribution in [2.24, 2.45) is 4.99 Å². The Bertz CT molecular complexity index is 884. The van der Waals surface area contributed by atoms with Gasteiger partial charge in [0.2, 0.25) is 5.91 Å². The van der Waals surface area contributed by atoms with E-state index in [1.165, 1.54) is 21.9 Å². The highest BCUT2D eigenvalue weighted by atomic mass is 32.2. The summed E-state index contributed by atoms with van der Waals surface area (Å²) in [4.78, 5) is 19.2. The number of benzene rings is 1. The molecule has 0 aliphatic carbocycles. The third-order valence-electron chi connectivity index (χ3n) is 4.38. The maximum atomic E-state index is 13.1. The normalized spacial score (nSPS) is 23.9. The van der Waals surface area contributed by atoms with Gasteiger partial charge in [-0.25, -0.2) is 8.42 Å². The minimum Gasteiger partial charge on any atom is -0.348 e. The van der Waals surface area contributed by atoms with Crippen molar-refractivity contribution in [1.29, 1.82) is 0 Å². The van der Waals surface area contributed by atoms with Crippen LogP contribution in [0.3, 0.4) is 0 Å². The molecule has 148 valence electrons. The van der Waals surface area contributed by atoms with E-state index < -0.39 is 33.7 Å². The molecular formula is C16H18F3N3O3S2. The second kappa shape index (κ2) is 7.01. The number of rotatable bonds is 3. The first-order valence-electron chi connectivity index (χ1n) is 8.05. The van der Waals surface area contributed by atoms with E-state index in [1.807, 2.05) is 0 Å². The maximum Gasteiger partial charge on any atom is 0.416 e. The second-order valence-corrected chi connectivity index (χ2v) is 9.71. The highest BCUT2D eigenvalue weighted by molar-refractivity contribution is 8.14. The van der Waals surface area contributed by atoms with Gasteiger partial charge in [0.25, 0.3) is 0 Å². The van der Waals surface area contributed by atoms with Gasteiger partial charge in [0.15, 0.2) is 15.0 Å². The molecule has 2 aliphatic heterocycles. The lowest BCUT2D eigenvalue weighted by Gasteiger charge is -2.27. The number of carbonyl (C=O) groups excluding carboxylic acids is 1. The Morgan fingerprint density at radius 3 is 2.67 bits per heavy atom. The Morgan fingerprint density at radius 1 is 1.33 bits per heavy atom. The van der Waals surface area contributed by atoms with Gasteiger partial charge in [0, 0.05) is 19.8 Å². The third kappa shape index (κ3) is 4.23. The minimum absolute atomic E-state index is 0.0630. The lowest BCUT2D eigenvalue weighted by Crippen LogP contribution is -2.39. The van der Waals surface area contributed by atoms with Crippen LogP contribution in [-0.4, -0.2) is 67.8 Å². The van der Waals surface area contributed by atoms with Crippen LogP contribution < -0.4 is 4.90 Å². The van der Waals surface area contributed by atoms with Gasteiger partial charge < -0.3 is 9.80 Å². The molecule has 1 saturated heterocycles. The van der Waals surface area contributed by atoms with E-state index in [-0.39, 0.29) is 28.9 Å². The fourth-order valence-electron chi connectivity index (χ4n) is 3.02. The lowest BCUT2D eigenvalue weighted by atomic mass is 10.1. The SMILES string of the molecule is CN(C)C(=O)CSC1=N[C@H]2CS(=O)(=O)C[C@H]2N1c1cccc(C(F)(F)F)c1. The molecule has 1 fully saturated rings. The van der Waals surface area contributed by atoms with Crippen LogP contribution in [0.15, 0.2) is 29.3 Å². The molecule has 0 unspecified atom stereocenters. The fraction of sp³-hybridized carbons (Fsp3) is 0.500. The Kier molecular flexibility index (Phi) is 5.19. The standard InChI is InChI=1S/C16H18F3N3O3S2/c1-21(2)14(23)7-26-15-20-12-8-27(24,25)9-13(12)22(15)11-5-3-4-10(6-11)16(17,18)19/h3-6,12-13H,7-9H2,1-2H3/t12-,13+/m0/s1. The summed E-state index contributed by atoms with van der Waals surface area (Å²) in [6, 6.07) is 3.62. The van der Waals surface area contributed by atoms with Gasteiger partial charge in [-0.3, -0.25) is 9.79 Å². The lowest BCUT2D eigenvalue weighted by molar-refractivity contribution is -0.137. The van der Waals surface area contributed by atoms with Crippen molar-refractivity contribution in [3.63, 3.8) is 0 Å². The van der Waals surface area contributed by atoms with Crippen molar-refractivity contribution < 1.29 is 26.4 Å². The van der Waals surface area contributed by atoms with Crippen LogP contribution in [0, 0.1) is 0 Å². The number of hydrogen-bond acceptors (Lipinski definition) is 6. The van der Waals surface area contributed by atoms with Crippen molar-refractivity contribution >= 4 is 38.4 Å². The van der Waals surface area contributed by atoms with Crippen LogP contribution >= 0.6 is 11.8 Å². The Labute approximate surface area is 159 Å². The monoisotopic (exact) mass is 421 g/mol. The molecule has 1 aromatic carbocycles. The Morgan fingerprint density at radius 2 is 2.04 bits per heavy atom. The van der Waals surface area contributed by atoms with Gasteiger partial charge >= 0.3 is 6.18 Å². The number of sulfone groups is 1. The number of nitrogens with zero attached hydrogens (tertiary/aromatic N) is 3. The maximum absolute atomic E-state index is 13.1. The summed E-state index contributed by atoms with van der Waals surface area (Å²) in [5, 5.41) is 0.370. The van der Waals surface area contributed by atoms with Crippen LogP contribution in [-0.2, 0) is 20.8 Å². The van der Waals surface area contributed by atoms with Crippen molar-refractivity contribution in [1.82, 2.24) is 4.90 Å². The Balaban J connectivity index is 1.94.